The molecule has 0 spiro atoms. The van der Waals surface area contributed by atoms with Gasteiger partial charge < -0.3 is 9.64 Å². The van der Waals surface area contributed by atoms with E-state index in [1.807, 2.05) is 23.5 Å². The maximum atomic E-state index is 13.3. The van der Waals surface area contributed by atoms with E-state index in [4.69, 9.17) is 4.74 Å². The monoisotopic (exact) mass is 429 g/mol. The van der Waals surface area contributed by atoms with Crippen LogP contribution in [-0.2, 0) is 11.2 Å². The minimum atomic E-state index is -0.195. The minimum absolute atomic E-state index is 0.186. The molecule has 0 unspecified atom stereocenters. The van der Waals surface area contributed by atoms with Gasteiger partial charge in [-0.1, -0.05) is 36.9 Å². The zero-order chi connectivity index (χ0) is 20.1. The van der Waals surface area contributed by atoms with Gasteiger partial charge in [-0.05, 0) is 72.3 Å². The smallest absolute Gasteiger partial charge is 0.123 e. The Balaban J connectivity index is 1.36. The van der Waals surface area contributed by atoms with E-state index in [0.717, 1.165) is 56.8 Å². The van der Waals surface area contributed by atoms with Crippen LogP contribution < -0.4 is 0 Å². The van der Waals surface area contributed by atoms with E-state index in [9.17, 15) is 4.39 Å². The molecule has 0 radical (unpaired) electrons. The number of halogens is 1. The number of ether oxygens (including phenoxy) is 1. The molecule has 0 atom stereocenters. The molecule has 2 aromatic carbocycles. The fourth-order valence-corrected chi connectivity index (χ4v) is 6.13. The van der Waals surface area contributed by atoms with Gasteiger partial charge in [0, 0.05) is 35.8 Å². The highest BCUT2D eigenvalue weighted by molar-refractivity contribution is 8.00. The summed E-state index contributed by atoms with van der Waals surface area (Å²) in [7, 11) is 0. The normalized spacial score (nSPS) is 17.0. The van der Waals surface area contributed by atoms with Crippen LogP contribution in [0.25, 0.3) is 10.1 Å². The lowest BCUT2D eigenvalue weighted by molar-refractivity contribution is -0.0178. The molecule has 0 amide bonds. The van der Waals surface area contributed by atoms with Crippen molar-refractivity contribution in [3.63, 3.8) is 0 Å². The van der Waals surface area contributed by atoms with Crippen LogP contribution in [0, 0.1) is 5.82 Å². The summed E-state index contributed by atoms with van der Waals surface area (Å²) in [5.74, 6) is -0.186. The number of fused-ring (bicyclic) bond motifs is 1. The fourth-order valence-electron chi connectivity index (χ4n) is 3.90. The predicted molar refractivity (Wildman–Crippen MR) is 122 cm³/mol. The quantitative estimate of drug-likeness (QED) is 0.375. The van der Waals surface area contributed by atoms with E-state index in [1.54, 1.807) is 11.8 Å². The molecular formula is C24H28FNOS2. The van der Waals surface area contributed by atoms with Crippen molar-refractivity contribution in [2.75, 3.05) is 26.2 Å². The van der Waals surface area contributed by atoms with Crippen molar-refractivity contribution in [2.24, 2.45) is 0 Å². The van der Waals surface area contributed by atoms with Crippen LogP contribution in [0.1, 0.15) is 31.7 Å². The molecular weight excluding hydrogens is 401 g/mol. The van der Waals surface area contributed by atoms with Crippen LogP contribution in [0.3, 0.4) is 0 Å². The van der Waals surface area contributed by atoms with E-state index < -0.39 is 0 Å². The first-order valence-corrected chi connectivity index (χ1v) is 12.1. The molecule has 2 heterocycles. The number of rotatable bonds is 8. The summed E-state index contributed by atoms with van der Waals surface area (Å²) in [4.78, 5) is 3.45. The van der Waals surface area contributed by atoms with E-state index in [-0.39, 0.29) is 10.8 Å². The Labute approximate surface area is 181 Å². The van der Waals surface area contributed by atoms with Crippen molar-refractivity contribution in [1.29, 1.82) is 0 Å². The van der Waals surface area contributed by atoms with E-state index in [2.05, 4.69) is 41.5 Å². The lowest BCUT2D eigenvalue weighted by Gasteiger charge is -2.41. The number of likely N-dealkylation sites (tertiary alicyclic amines) is 1. The van der Waals surface area contributed by atoms with Crippen molar-refractivity contribution in [1.82, 2.24) is 4.90 Å². The van der Waals surface area contributed by atoms with Crippen molar-refractivity contribution >= 4 is 33.2 Å². The van der Waals surface area contributed by atoms with E-state index >= 15 is 0 Å². The molecule has 29 heavy (non-hydrogen) atoms. The van der Waals surface area contributed by atoms with Crippen LogP contribution >= 0.6 is 23.1 Å². The van der Waals surface area contributed by atoms with Crippen LogP contribution in [0.15, 0.2) is 58.8 Å². The van der Waals surface area contributed by atoms with Crippen molar-refractivity contribution in [3.8, 4) is 0 Å². The molecule has 2 nitrogen and oxygen atoms in total. The van der Waals surface area contributed by atoms with Gasteiger partial charge in [-0.15, -0.1) is 11.3 Å². The highest BCUT2D eigenvalue weighted by Gasteiger charge is 2.36. The molecule has 1 aromatic heterocycles. The SMILES string of the molecule is CCCOC1(Sc2ccc(F)cc2)CCN(CCc2csc3ccccc23)CC1. The summed E-state index contributed by atoms with van der Waals surface area (Å²) in [5.41, 5.74) is 1.46. The third kappa shape index (κ3) is 5.21. The van der Waals surface area contributed by atoms with Crippen molar-refractivity contribution < 1.29 is 9.13 Å². The Morgan fingerprint density at radius 3 is 2.62 bits per heavy atom. The van der Waals surface area contributed by atoms with Gasteiger partial charge in [0.2, 0.25) is 0 Å². The second kappa shape index (κ2) is 9.61. The molecule has 0 saturated carbocycles. The number of thiophene rings is 1. The zero-order valence-electron chi connectivity index (χ0n) is 16.9. The highest BCUT2D eigenvalue weighted by Crippen LogP contribution is 2.42. The van der Waals surface area contributed by atoms with Gasteiger partial charge in [-0.25, -0.2) is 4.39 Å². The first-order valence-electron chi connectivity index (χ1n) is 10.4. The largest absolute Gasteiger partial charge is 0.364 e. The van der Waals surface area contributed by atoms with Crippen LogP contribution in [0.5, 0.6) is 0 Å². The molecule has 1 aliphatic heterocycles. The van der Waals surface area contributed by atoms with E-state index in [1.165, 1.54) is 27.8 Å². The Kier molecular flexibility index (Phi) is 6.91. The van der Waals surface area contributed by atoms with E-state index in [0.29, 0.717) is 0 Å². The molecule has 4 rings (SSSR count). The molecule has 1 saturated heterocycles. The number of thioether (sulfide) groups is 1. The third-order valence-corrected chi connectivity index (χ3v) is 7.98. The summed E-state index contributed by atoms with van der Waals surface area (Å²) in [6.45, 7) is 6.09. The summed E-state index contributed by atoms with van der Waals surface area (Å²) >= 11 is 3.61. The highest BCUT2D eigenvalue weighted by atomic mass is 32.2. The maximum Gasteiger partial charge on any atom is 0.123 e. The molecule has 0 N–H and O–H groups in total. The van der Waals surface area contributed by atoms with Gasteiger partial charge in [-0.2, -0.15) is 0 Å². The Morgan fingerprint density at radius 1 is 1.10 bits per heavy atom. The summed E-state index contributed by atoms with van der Waals surface area (Å²) < 4.78 is 21.0. The van der Waals surface area contributed by atoms with Crippen LogP contribution in [0.4, 0.5) is 4.39 Å². The summed E-state index contributed by atoms with van der Waals surface area (Å²) in [6.07, 6.45) is 4.11. The molecule has 1 aliphatic rings. The molecule has 0 bridgehead atoms. The molecule has 0 aliphatic carbocycles. The fraction of sp³-hybridized carbons (Fsp3) is 0.417. The maximum absolute atomic E-state index is 13.3. The second-order valence-electron chi connectivity index (χ2n) is 7.66. The predicted octanol–water partition coefficient (Wildman–Crippen LogP) is 6.59. The third-order valence-electron chi connectivity index (χ3n) is 5.56. The molecule has 5 heteroatoms. The van der Waals surface area contributed by atoms with Crippen molar-refractivity contribution in [3.05, 3.63) is 65.3 Å². The van der Waals surface area contributed by atoms with Gasteiger partial charge in [0.1, 0.15) is 10.8 Å². The Morgan fingerprint density at radius 2 is 1.86 bits per heavy atom. The summed E-state index contributed by atoms with van der Waals surface area (Å²) in [6, 6.07) is 15.5. The first kappa shape index (κ1) is 20.9. The average molecular weight is 430 g/mol. The van der Waals surface area contributed by atoms with Crippen LogP contribution in [-0.4, -0.2) is 36.1 Å². The van der Waals surface area contributed by atoms with Crippen molar-refractivity contribution in [2.45, 2.75) is 42.4 Å². The average Bonchev–Trinajstić information content (AvgIpc) is 3.17. The number of hydrogen-bond acceptors (Lipinski definition) is 4. The van der Waals surface area contributed by atoms with Gasteiger partial charge in [0.25, 0.3) is 0 Å². The number of piperidine rings is 1. The lowest BCUT2D eigenvalue weighted by atomic mass is 10.1. The van der Waals surface area contributed by atoms with Gasteiger partial charge in [-0.3, -0.25) is 0 Å². The molecule has 154 valence electrons. The topological polar surface area (TPSA) is 12.5 Å². The second-order valence-corrected chi connectivity index (χ2v) is 9.99. The minimum Gasteiger partial charge on any atom is -0.364 e. The van der Waals surface area contributed by atoms with Gasteiger partial charge in [0.05, 0.1) is 0 Å². The number of nitrogens with zero attached hydrogens (tertiary/aromatic N) is 1. The zero-order valence-corrected chi connectivity index (χ0v) is 18.5. The lowest BCUT2D eigenvalue weighted by Crippen LogP contribution is -2.44. The standard InChI is InChI=1S/C24H28FNOS2/c1-2-17-27-24(29-21-9-7-20(25)8-10-21)12-15-26(16-13-24)14-11-19-18-28-23-6-4-3-5-22(19)23/h3-10,18H,2,11-17H2,1H3. The number of hydrogen-bond donors (Lipinski definition) is 0. The van der Waals surface area contributed by atoms with Gasteiger partial charge >= 0.3 is 0 Å². The Hall–Kier alpha value is -1.40. The molecule has 3 aromatic rings. The van der Waals surface area contributed by atoms with Gasteiger partial charge in [0.15, 0.2) is 0 Å². The number of benzene rings is 2. The summed E-state index contributed by atoms with van der Waals surface area (Å²) in [5, 5.41) is 3.72. The van der Waals surface area contributed by atoms with Crippen LogP contribution in [0.2, 0.25) is 0 Å². The first-order chi connectivity index (χ1) is 14.2. The Bertz CT molecular complexity index is 916. The molecule has 1 fully saturated rings.